The van der Waals surface area contributed by atoms with Crippen molar-refractivity contribution in [3.05, 3.63) is 455 Å². The summed E-state index contributed by atoms with van der Waals surface area (Å²) in [5.74, 6) is 2.63. The van der Waals surface area contributed by atoms with Crippen LogP contribution < -0.4 is 0 Å². The summed E-state index contributed by atoms with van der Waals surface area (Å²) in [4.78, 5) is 17.0. The molecule has 0 radical (unpaired) electrons. The minimum atomic E-state index is 0.868. The van der Waals surface area contributed by atoms with Gasteiger partial charge in [-0.25, -0.2) is 15.0 Å². The zero-order valence-corrected chi connectivity index (χ0v) is 80.0. The molecule has 0 bridgehead atoms. The molecule has 0 atom stereocenters. The molecule has 0 spiro atoms. The molecule has 0 aliphatic rings. The summed E-state index contributed by atoms with van der Waals surface area (Å²) < 4.78 is 29.3. The fraction of sp³-hybridized carbons (Fsp3) is 0. The number of aromatic nitrogens is 15. The van der Waals surface area contributed by atoms with Crippen molar-refractivity contribution in [2.45, 2.75) is 0 Å². The van der Waals surface area contributed by atoms with E-state index in [1.807, 2.05) is 0 Å². The summed E-state index contributed by atoms with van der Waals surface area (Å²) in [5.41, 5.74) is 43.0. The van der Waals surface area contributed by atoms with Gasteiger partial charge >= 0.3 is 0 Å². The molecule has 150 heavy (non-hydrogen) atoms. The van der Waals surface area contributed by atoms with Crippen LogP contribution in [0.5, 0.6) is 0 Å². The first-order chi connectivity index (χ1) is 74.4. The van der Waals surface area contributed by atoms with Gasteiger partial charge in [-0.05, 0) is 240 Å². The average Bonchev–Trinajstić information content (AvgIpc) is 1.51. The van der Waals surface area contributed by atoms with E-state index in [0.29, 0.717) is 0 Å². The van der Waals surface area contributed by atoms with Gasteiger partial charge < -0.3 is 27.4 Å². The summed E-state index contributed by atoms with van der Waals surface area (Å²) >= 11 is 0. The molecule has 15 nitrogen and oxygen atoms in total. The highest BCUT2D eigenvalue weighted by Gasteiger charge is 2.33. The number of hydrogen-bond donors (Lipinski definition) is 0. The van der Waals surface area contributed by atoms with Crippen LogP contribution >= 0.6 is 0 Å². The van der Waals surface area contributed by atoms with Crippen LogP contribution in [0.25, 0.3) is 331 Å². The predicted molar refractivity (Wildman–Crippen MR) is 619 cm³/mol. The number of hydrogen-bond acceptors (Lipinski definition) is 3. The molecule has 15 heteroatoms. The summed E-state index contributed by atoms with van der Waals surface area (Å²) in [6.45, 7) is 0. The Balaban J connectivity index is 0.520. The summed E-state index contributed by atoms with van der Waals surface area (Å²) in [5, 5.41) is 21.5. The quantitative estimate of drug-likeness (QED) is 0.144. The smallest absolute Gasteiger partial charge is 0.220 e. The van der Waals surface area contributed by atoms with E-state index < -0.39 is 0 Å². The molecule has 0 aliphatic heterocycles. The Morgan fingerprint density at radius 3 is 1.05 bits per heavy atom. The SMILES string of the molecule is c1ccc(-n2c3ccccc3c3ccc4c5ccccc5n(-c5cccc6c7cccc8c7n(c56)c5nc6cc(-c7ccc9c(c7)c7cc(-c%10cc%11c%12ccccc%12n%12c%11c(c%10)n%10c%11cc(-c%13ccc%14c(c%13)c%13cc(-n%15c%16ccccc%16c%16cc(-n%17c%18ccccc%18c%18ccccc%18%17)ccc%16%15)cc%15c%13n%14c%13nc%14ccccc%14n%15%13)ccc%11nc%10%12)ccc7n9-c7cccc(-n9c%10ccccc%10c%10ccccc%109)c7)ccc6n85)c4c32)cc1. The lowest BCUT2D eigenvalue weighted by atomic mass is 9.98. The van der Waals surface area contributed by atoms with Gasteiger partial charge in [-0.3, -0.25) is 26.4 Å². The first kappa shape index (κ1) is 78.0. The van der Waals surface area contributed by atoms with Crippen LogP contribution in [-0.2, 0) is 0 Å². The molecule has 0 amide bonds. The molecule has 15 aromatic heterocycles. The third kappa shape index (κ3) is 9.82. The van der Waals surface area contributed by atoms with Gasteiger partial charge in [-0.15, -0.1) is 0 Å². The predicted octanol–water partition coefficient (Wildman–Crippen LogP) is 33.7. The van der Waals surface area contributed by atoms with Crippen molar-refractivity contribution in [2.24, 2.45) is 0 Å². The maximum Gasteiger partial charge on any atom is 0.220 e. The van der Waals surface area contributed by atoms with Gasteiger partial charge in [0.15, 0.2) is 0 Å². The van der Waals surface area contributed by atoms with Crippen molar-refractivity contribution < 1.29 is 0 Å². The number of imidazole rings is 6. The minimum Gasteiger partial charge on any atom is -0.309 e. The fourth-order valence-electron chi connectivity index (χ4n) is 27.5. The van der Waals surface area contributed by atoms with E-state index in [1.165, 1.54) is 109 Å². The van der Waals surface area contributed by atoms with Crippen LogP contribution in [0.1, 0.15) is 0 Å². The van der Waals surface area contributed by atoms with E-state index in [9.17, 15) is 0 Å². The Morgan fingerprint density at radius 1 is 0.120 bits per heavy atom. The number of fused-ring (bicyclic) bond motifs is 43. The van der Waals surface area contributed by atoms with Gasteiger partial charge in [0.2, 0.25) is 17.3 Å². The molecule has 0 N–H and O–H groups in total. The van der Waals surface area contributed by atoms with E-state index in [-0.39, 0.29) is 0 Å². The van der Waals surface area contributed by atoms with Gasteiger partial charge in [0.1, 0.15) is 0 Å². The topological polar surface area (TPSA) is 94.7 Å². The lowest BCUT2D eigenvalue weighted by Gasteiger charge is -2.13. The van der Waals surface area contributed by atoms with Crippen molar-refractivity contribution in [1.29, 1.82) is 0 Å². The second-order valence-corrected chi connectivity index (χ2v) is 41.0. The fourth-order valence-corrected chi connectivity index (χ4v) is 27.5. The van der Waals surface area contributed by atoms with Gasteiger partial charge in [-0.2, -0.15) is 0 Å². The molecule has 0 fully saturated rings. The molecule has 0 aliphatic carbocycles. The van der Waals surface area contributed by atoms with E-state index in [4.69, 9.17) is 15.0 Å². The Labute approximate surface area is 848 Å². The highest BCUT2D eigenvalue weighted by atomic mass is 15.2. The lowest BCUT2D eigenvalue weighted by molar-refractivity contribution is 1.13. The molecule has 0 saturated heterocycles. The normalized spacial score (nSPS) is 12.8. The summed E-state index contributed by atoms with van der Waals surface area (Å²) in [7, 11) is 0. The second kappa shape index (κ2) is 27.9. The first-order valence-corrected chi connectivity index (χ1v) is 51.5. The lowest BCUT2D eigenvalue weighted by Crippen LogP contribution is -2.00. The molecule has 37 rings (SSSR count). The van der Waals surface area contributed by atoms with Crippen LogP contribution in [0.4, 0.5) is 0 Å². The largest absolute Gasteiger partial charge is 0.309 e. The Bertz CT molecular complexity index is 12600. The third-order valence-electron chi connectivity index (χ3n) is 33.6. The number of nitrogens with zero attached hydrogens (tertiary/aromatic N) is 15. The van der Waals surface area contributed by atoms with Crippen molar-refractivity contribution in [3.8, 4) is 67.5 Å². The Hall–Kier alpha value is -20.6. The molecule has 15 heterocycles. The first-order valence-electron chi connectivity index (χ1n) is 51.5. The molecule has 0 unspecified atom stereocenters. The van der Waals surface area contributed by atoms with E-state index >= 15 is 0 Å². The molecule has 690 valence electrons. The summed E-state index contributed by atoms with van der Waals surface area (Å²) in [6, 6.07) is 170. The van der Waals surface area contributed by atoms with Crippen molar-refractivity contribution in [3.63, 3.8) is 0 Å². The maximum absolute atomic E-state index is 5.86. The second-order valence-electron chi connectivity index (χ2n) is 41.0. The summed E-state index contributed by atoms with van der Waals surface area (Å²) in [6.07, 6.45) is 0. The van der Waals surface area contributed by atoms with Crippen LogP contribution in [0.15, 0.2) is 455 Å². The average molecular weight is 1910 g/mol. The Morgan fingerprint density at radius 2 is 0.440 bits per heavy atom. The van der Waals surface area contributed by atoms with Crippen LogP contribution in [0.2, 0.25) is 0 Å². The van der Waals surface area contributed by atoms with Crippen LogP contribution in [-0.4, -0.2) is 68.8 Å². The number of para-hydroxylation sites is 13. The molecular weight excluding hydrogens is 1830 g/mol. The number of benzene rings is 22. The van der Waals surface area contributed by atoms with E-state index in [0.717, 1.165) is 222 Å². The number of rotatable bonds is 9. The highest BCUT2D eigenvalue weighted by molar-refractivity contribution is 6.28. The zero-order valence-electron chi connectivity index (χ0n) is 80.0. The third-order valence-corrected chi connectivity index (χ3v) is 33.6. The van der Waals surface area contributed by atoms with Crippen molar-refractivity contribution >= 4 is 263 Å². The zero-order chi connectivity index (χ0) is 96.7. The van der Waals surface area contributed by atoms with Crippen LogP contribution in [0.3, 0.4) is 0 Å². The standard InChI is InChI=1S/C135H75N15/c1-2-25-82(26-3-1)143-113-45-18-8-33-91(113)97-57-58-98-92-34-9-19-46-114(92)144(132(98)131(97)143)122-49-23-37-95-96-38-24-50-123-128(96)150(127(95)122)135-138-107-69-79(55-63-121(107)145(123)135)76-52-60-116-99(65-76)100-67-78(54-61-117(100)140(116)84-28-22-27-83(72-84)139-108-40-13-4-29-87(108)88-30-5-14-41-109(88)139)81-68-103-94-36-11-20-47-115(94)148-129(103)125(71-81)147-124-70-80(51-59-106(124)137-134(147)148)77-53-62-119-101(66-77)104-74-86(75-126-130(104)149(119)133-136-105-39-12-21-48-120(105)146(126)133)142-112-44-17-10-35-93(112)102-73-85(56-64-118(102)142)141-110-42-15-6-31-89(110)90-32-7-16-43-111(90)141/h1-75H. The monoisotopic (exact) mass is 1910 g/mol. The van der Waals surface area contributed by atoms with E-state index in [2.05, 4.69) is 509 Å². The van der Waals surface area contributed by atoms with Gasteiger partial charge in [0.25, 0.3) is 0 Å². The molecule has 0 saturated carbocycles. The molecular formula is C135H75N15. The minimum absolute atomic E-state index is 0.868. The van der Waals surface area contributed by atoms with Crippen molar-refractivity contribution in [1.82, 2.24) is 68.8 Å². The van der Waals surface area contributed by atoms with E-state index in [1.54, 1.807) is 0 Å². The van der Waals surface area contributed by atoms with Crippen molar-refractivity contribution in [2.75, 3.05) is 0 Å². The maximum atomic E-state index is 5.86. The van der Waals surface area contributed by atoms with Gasteiger partial charge in [-0.1, -0.05) is 249 Å². The van der Waals surface area contributed by atoms with Gasteiger partial charge in [0, 0.05) is 125 Å². The molecule has 22 aromatic carbocycles. The van der Waals surface area contributed by atoms with Gasteiger partial charge in [0.05, 0.1) is 155 Å². The Kier molecular flexibility index (Phi) is 14.5. The van der Waals surface area contributed by atoms with Crippen LogP contribution in [0, 0.1) is 0 Å². The molecule has 37 aromatic rings. The highest BCUT2D eigenvalue weighted by Crippen LogP contribution is 2.52.